The zero-order chi connectivity index (χ0) is 19.9. The van der Waals surface area contributed by atoms with Crippen LogP contribution < -0.4 is 14.2 Å². The number of hydrogen-bond acceptors (Lipinski definition) is 6. The molecule has 2 heterocycles. The number of hydrogen-bond donors (Lipinski definition) is 0. The predicted molar refractivity (Wildman–Crippen MR) is 104 cm³/mol. The Morgan fingerprint density at radius 3 is 2.00 bits per heavy atom. The van der Waals surface area contributed by atoms with E-state index >= 15 is 0 Å². The third kappa shape index (κ3) is 4.70. The number of nitrogens with zero attached hydrogens (tertiary/aromatic N) is 1. The van der Waals surface area contributed by atoms with Gasteiger partial charge in [0.15, 0.2) is 17.8 Å². The maximum absolute atomic E-state index is 13.1. The lowest BCUT2D eigenvalue weighted by molar-refractivity contribution is -0.0956. The summed E-state index contributed by atoms with van der Waals surface area (Å²) in [6.07, 6.45) is 1.64. The lowest BCUT2D eigenvalue weighted by Gasteiger charge is -2.34. The maximum atomic E-state index is 13.1. The number of carbonyl (C=O) groups is 1. The molecule has 0 spiro atoms. The van der Waals surface area contributed by atoms with Gasteiger partial charge >= 0.3 is 0 Å². The van der Waals surface area contributed by atoms with E-state index in [1.165, 1.54) is 0 Å². The van der Waals surface area contributed by atoms with Gasteiger partial charge in [0.25, 0.3) is 5.91 Å². The first kappa shape index (κ1) is 20.7. The molecule has 0 unspecified atom stereocenters. The van der Waals surface area contributed by atoms with E-state index in [1.54, 1.807) is 12.1 Å². The van der Waals surface area contributed by atoms with Crippen molar-refractivity contribution in [3.05, 3.63) is 17.7 Å². The summed E-state index contributed by atoms with van der Waals surface area (Å²) >= 11 is 0. The van der Waals surface area contributed by atoms with Gasteiger partial charge in [-0.05, 0) is 45.7 Å². The molecule has 0 aromatic heterocycles. The summed E-state index contributed by atoms with van der Waals surface area (Å²) < 4.78 is 28.4. The highest BCUT2D eigenvalue weighted by Gasteiger charge is 2.32. The zero-order valence-corrected chi connectivity index (χ0v) is 17.1. The molecule has 1 aromatic rings. The monoisotopic (exact) mass is 393 g/mol. The Hall–Kier alpha value is -1.99. The van der Waals surface area contributed by atoms with Crippen LogP contribution in [0, 0.1) is 5.92 Å². The third-order valence-electron chi connectivity index (χ3n) is 5.02. The van der Waals surface area contributed by atoms with Gasteiger partial charge < -0.3 is 28.6 Å². The molecule has 2 aliphatic heterocycles. The highest BCUT2D eigenvalue weighted by atomic mass is 16.7. The molecular formula is C21H31NO6. The van der Waals surface area contributed by atoms with E-state index in [0.717, 1.165) is 12.8 Å². The first-order valence-electron chi connectivity index (χ1n) is 10.3. The van der Waals surface area contributed by atoms with Crippen LogP contribution in [0.2, 0.25) is 0 Å². The largest absolute Gasteiger partial charge is 0.490 e. The smallest absolute Gasteiger partial charge is 0.254 e. The third-order valence-corrected chi connectivity index (χ3v) is 5.02. The number of ether oxygens (including phenoxy) is 5. The lowest BCUT2D eigenvalue weighted by Crippen LogP contribution is -2.41. The van der Waals surface area contributed by atoms with Gasteiger partial charge in [-0.3, -0.25) is 4.79 Å². The van der Waals surface area contributed by atoms with E-state index in [2.05, 4.69) is 0 Å². The molecule has 2 aliphatic rings. The van der Waals surface area contributed by atoms with Crippen LogP contribution in [0.3, 0.4) is 0 Å². The van der Waals surface area contributed by atoms with E-state index in [-0.39, 0.29) is 12.2 Å². The number of amides is 1. The van der Waals surface area contributed by atoms with Crippen molar-refractivity contribution in [3.8, 4) is 17.2 Å². The highest BCUT2D eigenvalue weighted by molar-refractivity contribution is 5.95. The van der Waals surface area contributed by atoms with Gasteiger partial charge in [-0.1, -0.05) is 0 Å². The maximum Gasteiger partial charge on any atom is 0.254 e. The molecule has 3 rings (SSSR count). The van der Waals surface area contributed by atoms with Crippen molar-refractivity contribution in [2.75, 3.05) is 46.1 Å². The minimum absolute atomic E-state index is 0.0170. The molecule has 7 nitrogen and oxygen atoms in total. The normalized spacial score (nSPS) is 18.3. The van der Waals surface area contributed by atoms with Crippen molar-refractivity contribution >= 4 is 5.91 Å². The Bertz CT molecular complexity index is 623. The van der Waals surface area contributed by atoms with Gasteiger partial charge in [-0.25, -0.2) is 0 Å². The molecule has 0 atom stereocenters. The highest BCUT2D eigenvalue weighted by Crippen LogP contribution is 2.39. The fourth-order valence-corrected chi connectivity index (χ4v) is 3.72. The van der Waals surface area contributed by atoms with Crippen LogP contribution >= 0.6 is 0 Å². The van der Waals surface area contributed by atoms with Crippen molar-refractivity contribution in [1.29, 1.82) is 0 Å². The Morgan fingerprint density at radius 2 is 1.50 bits per heavy atom. The SMILES string of the molecule is CCOc1cc(C(=O)N2CCC(C3OCCO3)CC2)cc(OCC)c1OCC. The summed E-state index contributed by atoms with van der Waals surface area (Å²) in [6, 6.07) is 3.52. The lowest BCUT2D eigenvalue weighted by atomic mass is 9.95. The summed E-state index contributed by atoms with van der Waals surface area (Å²) in [5.74, 6) is 1.97. The molecule has 1 amide bonds. The number of benzene rings is 1. The predicted octanol–water partition coefficient (Wildman–Crippen LogP) is 3.11. The van der Waals surface area contributed by atoms with E-state index in [1.807, 2.05) is 25.7 Å². The van der Waals surface area contributed by atoms with E-state index in [9.17, 15) is 4.79 Å². The van der Waals surface area contributed by atoms with Crippen molar-refractivity contribution < 1.29 is 28.5 Å². The minimum Gasteiger partial charge on any atom is -0.490 e. The molecule has 0 radical (unpaired) electrons. The first-order valence-corrected chi connectivity index (χ1v) is 10.3. The molecule has 1 aromatic carbocycles. The fraction of sp³-hybridized carbons (Fsp3) is 0.667. The quantitative estimate of drug-likeness (QED) is 0.676. The van der Waals surface area contributed by atoms with Crippen molar-refractivity contribution in [2.24, 2.45) is 5.92 Å². The minimum atomic E-state index is -0.114. The number of piperidine rings is 1. The fourth-order valence-electron chi connectivity index (χ4n) is 3.72. The molecule has 7 heteroatoms. The Labute approximate surface area is 166 Å². The molecule has 0 N–H and O–H groups in total. The molecule has 156 valence electrons. The second kappa shape index (κ2) is 9.98. The van der Waals surface area contributed by atoms with Gasteiger partial charge in [0, 0.05) is 24.6 Å². The zero-order valence-electron chi connectivity index (χ0n) is 17.1. The van der Waals surface area contributed by atoms with Gasteiger partial charge in [0.1, 0.15) is 0 Å². The summed E-state index contributed by atoms with van der Waals surface area (Å²) in [5.41, 5.74) is 0.558. The van der Waals surface area contributed by atoms with Crippen molar-refractivity contribution in [2.45, 2.75) is 39.9 Å². The van der Waals surface area contributed by atoms with Crippen molar-refractivity contribution in [1.82, 2.24) is 4.90 Å². The topological polar surface area (TPSA) is 66.5 Å². The Morgan fingerprint density at radius 1 is 0.964 bits per heavy atom. The van der Waals surface area contributed by atoms with Gasteiger partial charge in [0.2, 0.25) is 5.75 Å². The molecule has 2 saturated heterocycles. The number of rotatable bonds is 8. The average molecular weight is 393 g/mol. The number of carbonyl (C=O) groups excluding carboxylic acids is 1. The van der Waals surface area contributed by atoms with E-state index in [4.69, 9.17) is 23.7 Å². The van der Waals surface area contributed by atoms with Gasteiger partial charge in [0.05, 0.1) is 33.0 Å². The van der Waals surface area contributed by atoms with Crippen LogP contribution in [-0.2, 0) is 9.47 Å². The van der Waals surface area contributed by atoms with Crippen LogP contribution in [0.1, 0.15) is 44.0 Å². The molecule has 0 aliphatic carbocycles. The first-order chi connectivity index (χ1) is 13.7. The number of likely N-dealkylation sites (tertiary alicyclic amines) is 1. The molecule has 0 saturated carbocycles. The molecule has 0 bridgehead atoms. The summed E-state index contributed by atoms with van der Waals surface area (Å²) in [4.78, 5) is 15.0. The van der Waals surface area contributed by atoms with Gasteiger partial charge in [-0.15, -0.1) is 0 Å². The summed E-state index contributed by atoms with van der Waals surface area (Å²) in [7, 11) is 0. The molecule has 28 heavy (non-hydrogen) atoms. The van der Waals surface area contributed by atoms with Gasteiger partial charge in [-0.2, -0.15) is 0 Å². The second-order valence-corrected chi connectivity index (χ2v) is 6.84. The van der Waals surface area contributed by atoms with Crippen LogP contribution in [-0.4, -0.2) is 63.2 Å². The van der Waals surface area contributed by atoms with Crippen LogP contribution in [0.15, 0.2) is 12.1 Å². The van der Waals surface area contributed by atoms with Crippen LogP contribution in [0.5, 0.6) is 17.2 Å². The Kier molecular flexibility index (Phi) is 7.39. The average Bonchev–Trinajstić information content (AvgIpc) is 3.25. The second-order valence-electron chi connectivity index (χ2n) is 6.84. The van der Waals surface area contributed by atoms with E-state index < -0.39 is 0 Å². The van der Waals surface area contributed by atoms with Crippen molar-refractivity contribution in [3.63, 3.8) is 0 Å². The van der Waals surface area contributed by atoms with Crippen LogP contribution in [0.25, 0.3) is 0 Å². The summed E-state index contributed by atoms with van der Waals surface area (Å²) in [5, 5.41) is 0. The molecule has 2 fully saturated rings. The molecular weight excluding hydrogens is 362 g/mol. The Balaban J connectivity index is 1.75. The van der Waals surface area contributed by atoms with E-state index in [0.29, 0.717) is 74.9 Å². The van der Waals surface area contributed by atoms with Crippen LogP contribution in [0.4, 0.5) is 0 Å². The summed E-state index contributed by atoms with van der Waals surface area (Å²) in [6.45, 7) is 9.88. The standard InChI is InChI=1S/C21H31NO6/c1-4-24-17-13-16(14-18(25-5-2)19(17)26-6-3)20(23)22-9-7-15(8-10-22)21-27-11-12-28-21/h13-15,21H,4-12H2,1-3H3.